The highest BCUT2D eigenvalue weighted by atomic mass is 16.5. The maximum absolute atomic E-state index is 11.4. The van der Waals surface area contributed by atoms with Gasteiger partial charge in [0, 0.05) is 19.4 Å². The van der Waals surface area contributed by atoms with E-state index in [0.29, 0.717) is 0 Å². The summed E-state index contributed by atoms with van der Waals surface area (Å²) in [5, 5.41) is 0. The number of carbonyl (C=O) groups excluding carboxylic acids is 3. The number of carbonyl (C=O) groups is 3. The van der Waals surface area contributed by atoms with Crippen molar-refractivity contribution in [2.75, 3.05) is 13.7 Å². The van der Waals surface area contributed by atoms with E-state index in [1.165, 1.54) is 7.11 Å². The molecule has 1 heterocycles. The van der Waals surface area contributed by atoms with E-state index < -0.39 is 11.4 Å². The molecule has 1 saturated heterocycles. The lowest BCUT2D eigenvalue weighted by Crippen LogP contribution is -2.42. The molecule has 0 aromatic heterocycles. The fraction of sp³-hybridized carbons (Fsp3) is 0.700. The second kappa shape index (κ2) is 4.00. The monoisotopic (exact) mass is 213 g/mol. The molecular formula is C10H15NO4. The van der Waals surface area contributed by atoms with E-state index in [1.54, 1.807) is 13.8 Å². The van der Waals surface area contributed by atoms with Crippen molar-refractivity contribution in [2.24, 2.45) is 5.41 Å². The Morgan fingerprint density at radius 1 is 1.33 bits per heavy atom. The van der Waals surface area contributed by atoms with E-state index in [-0.39, 0.29) is 31.2 Å². The topological polar surface area (TPSA) is 63.7 Å². The van der Waals surface area contributed by atoms with Gasteiger partial charge in [0.05, 0.1) is 12.5 Å². The normalized spacial score (nSPS) is 17.1. The fourth-order valence-corrected chi connectivity index (χ4v) is 1.54. The number of hydrogen-bond donors (Lipinski definition) is 0. The van der Waals surface area contributed by atoms with Crippen molar-refractivity contribution < 1.29 is 19.1 Å². The number of methoxy groups -OCH3 is 1. The van der Waals surface area contributed by atoms with Gasteiger partial charge in [0.2, 0.25) is 11.8 Å². The van der Waals surface area contributed by atoms with Crippen LogP contribution in [0.5, 0.6) is 0 Å². The van der Waals surface area contributed by atoms with E-state index in [2.05, 4.69) is 4.74 Å². The zero-order valence-electron chi connectivity index (χ0n) is 9.20. The van der Waals surface area contributed by atoms with Gasteiger partial charge in [-0.05, 0) is 13.8 Å². The van der Waals surface area contributed by atoms with Crippen LogP contribution >= 0.6 is 0 Å². The highest BCUT2D eigenvalue weighted by Gasteiger charge is 2.38. The molecule has 0 radical (unpaired) electrons. The Labute approximate surface area is 88.4 Å². The molecule has 0 aliphatic carbocycles. The molecule has 0 aromatic carbocycles. The lowest BCUT2D eigenvalue weighted by Gasteiger charge is -2.26. The zero-order chi connectivity index (χ0) is 11.6. The second-order valence-electron chi connectivity index (χ2n) is 4.25. The molecule has 0 bridgehead atoms. The molecule has 1 rings (SSSR count). The maximum Gasteiger partial charge on any atom is 0.313 e. The predicted octanol–water partition coefficient (Wildman–Crippen LogP) is 0.335. The molecular weight excluding hydrogens is 198 g/mol. The van der Waals surface area contributed by atoms with Crippen LogP contribution in [0.3, 0.4) is 0 Å². The third-order valence-electron chi connectivity index (χ3n) is 2.45. The van der Waals surface area contributed by atoms with E-state index in [1.807, 2.05) is 0 Å². The first-order valence-corrected chi connectivity index (χ1v) is 4.80. The van der Waals surface area contributed by atoms with Gasteiger partial charge in [0.1, 0.15) is 0 Å². The summed E-state index contributed by atoms with van der Waals surface area (Å²) in [4.78, 5) is 35.2. The molecule has 0 saturated carbocycles. The lowest BCUT2D eigenvalue weighted by atomic mass is 9.93. The summed E-state index contributed by atoms with van der Waals surface area (Å²) in [5.41, 5.74) is -0.843. The second-order valence-corrected chi connectivity index (χ2v) is 4.25. The number of imide groups is 1. The quantitative estimate of drug-likeness (QED) is 0.500. The molecule has 0 aromatic rings. The van der Waals surface area contributed by atoms with Gasteiger partial charge in [-0.15, -0.1) is 0 Å². The van der Waals surface area contributed by atoms with E-state index in [4.69, 9.17) is 0 Å². The van der Waals surface area contributed by atoms with Crippen LogP contribution in [0.2, 0.25) is 0 Å². The van der Waals surface area contributed by atoms with Gasteiger partial charge in [-0.1, -0.05) is 0 Å². The molecule has 1 aliphatic rings. The van der Waals surface area contributed by atoms with Gasteiger partial charge < -0.3 is 4.74 Å². The first-order chi connectivity index (χ1) is 6.88. The summed E-state index contributed by atoms with van der Waals surface area (Å²) in [6, 6.07) is 0. The minimum Gasteiger partial charge on any atom is -0.469 e. The van der Waals surface area contributed by atoms with Crippen LogP contribution in [0.25, 0.3) is 0 Å². The Morgan fingerprint density at radius 2 is 1.80 bits per heavy atom. The van der Waals surface area contributed by atoms with Crippen LogP contribution in [0, 0.1) is 5.41 Å². The van der Waals surface area contributed by atoms with Crippen molar-refractivity contribution in [2.45, 2.75) is 26.7 Å². The maximum atomic E-state index is 11.4. The van der Waals surface area contributed by atoms with Crippen molar-refractivity contribution in [3.63, 3.8) is 0 Å². The Bertz CT molecular complexity index is 293. The number of hydrogen-bond acceptors (Lipinski definition) is 4. The van der Waals surface area contributed by atoms with Crippen LogP contribution in [0.15, 0.2) is 0 Å². The van der Waals surface area contributed by atoms with Crippen molar-refractivity contribution >= 4 is 17.8 Å². The van der Waals surface area contributed by atoms with E-state index >= 15 is 0 Å². The number of esters is 1. The Kier molecular flexibility index (Phi) is 3.12. The van der Waals surface area contributed by atoms with E-state index in [9.17, 15) is 14.4 Å². The number of ether oxygens (including phenoxy) is 1. The van der Waals surface area contributed by atoms with Gasteiger partial charge >= 0.3 is 5.97 Å². The third kappa shape index (κ3) is 2.34. The van der Waals surface area contributed by atoms with E-state index in [0.717, 1.165) is 4.90 Å². The molecule has 0 atom stereocenters. The largest absolute Gasteiger partial charge is 0.469 e. The summed E-state index contributed by atoms with van der Waals surface area (Å²) in [7, 11) is 1.29. The summed E-state index contributed by atoms with van der Waals surface area (Å²) in [6.45, 7) is 3.40. The van der Waals surface area contributed by atoms with Crippen LogP contribution in [-0.2, 0) is 19.1 Å². The first kappa shape index (κ1) is 11.7. The number of likely N-dealkylation sites (tertiary alicyclic amines) is 1. The Morgan fingerprint density at radius 3 is 2.20 bits per heavy atom. The molecule has 15 heavy (non-hydrogen) atoms. The summed E-state index contributed by atoms with van der Waals surface area (Å²) in [6.07, 6.45) is 0.492. The highest BCUT2D eigenvalue weighted by Crippen LogP contribution is 2.22. The van der Waals surface area contributed by atoms with Gasteiger partial charge in [0.25, 0.3) is 0 Å². The Balaban J connectivity index is 2.72. The van der Waals surface area contributed by atoms with Crippen LogP contribution in [-0.4, -0.2) is 36.3 Å². The van der Waals surface area contributed by atoms with Crippen molar-refractivity contribution in [1.82, 2.24) is 4.90 Å². The van der Waals surface area contributed by atoms with Crippen molar-refractivity contribution in [1.29, 1.82) is 0 Å². The minimum atomic E-state index is -0.843. The predicted molar refractivity (Wildman–Crippen MR) is 51.8 cm³/mol. The molecule has 84 valence electrons. The molecule has 0 unspecified atom stereocenters. The summed E-state index contributed by atoms with van der Waals surface area (Å²) in [5.74, 6) is -0.844. The number of amides is 2. The van der Waals surface area contributed by atoms with Gasteiger partial charge in [-0.2, -0.15) is 0 Å². The summed E-state index contributed by atoms with van der Waals surface area (Å²) >= 11 is 0. The Hall–Kier alpha value is -1.39. The molecule has 0 spiro atoms. The van der Waals surface area contributed by atoms with Gasteiger partial charge in [0.15, 0.2) is 0 Å². The fourth-order valence-electron chi connectivity index (χ4n) is 1.54. The molecule has 5 nitrogen and oxygen atoms in total. The highest BCUT2D eigenvalue weighted by molar-refractivity contribution is 6.02. The average Bonchev–Trinajstić information content (AvgIpc) is 2.47. The minimum absolute atomic E-state index is 0.0946. The molecule has 0 N–H and O–H groups in total. The zero-order valence-corrected chi connectivity index (χ0v) is 9.20. The molecule has 1 fully saturated rings. The SMILES string of the molecule is COC(=O)C(C)(C)CN1C(=O)CCC1=O. The molecule has 2 amide bonds. The number of rotatable bonds is 3. The lowest BCUT2D eigenvalue weighted by molar-refractivity contribution is -0.153. The standard InChI is InChI=1S/C10H15NO4/c1-10(2,9(14)15-3)6-11-7(12)4-5-8(11)13/h4-6H2,1-3H3. The number of nitrogens with zero attached hydrogens (tertiary/aromatic N) is 1. The summed E-state index contributed by atoms with van der Waals surface area (Å²) < 4.78 is 4.61. The molecule has 5 heteroatoms. The third-order valence-corrected chi connectivity index (χ3v) is 2.45. The molecule has 1 aliphatic heterocycles. The van der Waals surface area contributed by atoms with Gasteiger partial charge in [-0.25, -0.2) is 0 Å². The van der Waals surface area contributed by atoms with Crippen LogP contribution in [0.1, 0.15) is 26.7 Å². The van der Waals surface area contributed by atoms with Gasteiger partial charge in [-0.3, -0.25) is 19.3 Å². The van der Waals surface area contributed by atoms with Crippen LogP contribution < -0.4 is 0 Å². The van der Waals surface area contributed by atoms with Crippen LogP contribution in [0.4, 0.5) is 0 Å². The van der Waals surface area contributed by atoms with Crippen molar-refractivity contribution in [3.05, 3.63) is 0 Å². The van der Waals surface area contributed by atoms with Crippen molar-refractivity contribution in [3.8, 4) is 0 Å². The first-order valence-electron chi connectivity index (χ1n) is 4.80. The smallest absolute Gasteiger partial charge is 0.313 e. The average molecular weight is 213 g/mol.